The number of carbonyl (C=O) groups is 1. The molecule has 0 atom stereocenters. The third-order valence-corrected chi connectivity index (χ3v) is 2.98. The molecule has 0 aliphatic heterocycles. The molecule has 0 spiro atoms. The maximum Gasteiger partial charge on any atom is 0.337 e. The average Bonchev–Trinajstić information content (AvgIpc) is 2.52. The highest BCUT2D eigenvalue weighted by molar-refractivity contribution is 5.89. The van der Waals surface area contributed by atoms with Crippen molar-refractivity contribution in [2.45, 2.75) is 6.54 Å². The zero-order valence-electron chi connectivity index (χ0n) is 11.4. The minimum Gasteiger partial charge on any atom is -0.465 e. The first-order valence-electron chi connectivity index (χ1n) is 6.25. The zero-order chi connectivity index (χ0) is 15.2. The number of rotatable bonds is 4. The van der Waals surface area contributed by atoms with Gasteiger partial charge >= 0.3 is 5.97 Å². The molecule has 0 bridgehead atoms. The lowest BCUT2D eigenvalue weighted by Gasteiger charge is -2.09. The minimum atomic E-state index is -0.552. The average molecular weight is 284 g/mol. The number of ether oxygens (including phenoxy) is 1. The number of anilines is 1. The van der Waals surface area contributed by atoms with Crippen LogP contribution in [0.15, 0.2) is 42.5 Å². The molecule has 0 aromatic heterocycles. The Bertz CT molecular complexity index is 690. The molecule has 2 aromatic rings. The van der Waals surface area contributed by atoms with Crippen LogP contribution in [0.2, 0.25) is 0 Å². The van der Waals surface area contributed by atoms with E-state index in [1.54, 1.807) is 36.4 Å². The molecule has 0 fully saturated rings. The summed E-state index contributed by atoms with van der Waals surface area (Å²) in [5.74, 6) is -0.949. The predicted octanol–water partition coefficient (Wildman–Crippen LogP) is 3.10. The normalized spacial score (nSPS) is 9.76. The van der Waals surface area contributed by atoms with E-state index in [0.29, 0.717) is 17.8 Å². The van der Waals surface area contributed by atoms with Crippen LogP contribution in [-0.2, 0) is 11.3 Å². The number of esters is 1. The molecule has 0 aliphatic carbocycles. The van der Waals surface area contributed by atoms with Gasteiger partial charge in [-0.1, -0.05) is 18.2 Å². The summed E-state index contributed by atoms with van der Waals surface area (Å²) in [5.41, 5.74) is 1.79. The Labute approximate surface area is 121 Å². The Kier molecular flexibility index (Phi) is 4.52. The van der Waals surface area contributed by atoms with E-state index in [-0.39, 0.29) is 5.56 Å². The van der Waals surface area contributed by atoms with E-state index in [2.05, 4.69) is 10.1 Å². The highest BCUT2D eigenvalue weighted by Gasteiger charge is 2.08. The van der Waals surface area contributed by atoms with Crippen molar-refractivity contribution >= 4 is 11.7 Å². The molecule has 21 heavy (non-hydrogen) atoms. The highest BCUT2D eigenvalue weighted by Crippen LogP contribution is 2.18. The van der Waals surface area contributed by atoms with Gasteiger partial charge in [0.25, 0.3) is 0 Å². The predicted molar refractivity (Wildman–Crippen MR) is 76.2 cm³/mol. The van der Waals surface area contributed by atoms with Gasteiger partial charge in [0.1, 0.15) is 17.4 Å². The second-order valence-electron chi connectivity index (χ2n) is 4.32. The zero-order valence-corrected chi connectivity index (χ0v) is 11.4. The van der Waals surface area contributed by atoms with E-state index in [4.69, 9.17) is 5.26 Å². The minimum absolute atomic E-state index is 0.0105. The van der Waals surface area contributed by atoms with Crippen LogP contribution >= 0.6 is 0 Å². The topological polar surface area (TPSA) is 62.1 Å². The fraction of sp³-hybridized carbons (Fsp3) is 0.125. The number of hydrogen-bond donors (Lipinski definition) is 1. The number of hydrogen-bond acceptors (Lipinski definition) is 4. The second kappa shape index (κ2) is 6.53. The van der Waals surface area contributed by atoms with Crippen LogP contribution in [0.5, 0.6) is 0 Å². The van der Waals surface area contributed by atoms with Gasteiger partial charge in [0.2, 0.25) is 0 Å². The largest absolute Gasteiger partial charge is 0.465 e. The Hall–Kier alpha value is -2.87. The molecular weight excluding hydrogens is 271 g/mol. The lowest BCUT2D eigenvalue weighted by atomic mass is 10.1. The van der Waals surface area contributed by atoms with Gasteiger partial charge in [-0.05, 0) is 29.8 Å². The van der Waals surface area contributed by atoms with Crippen LogP contribution in [-0.4, -0.2) is 13.1 Å². The molecule has 5 heteroatoms. The van der Waals surface area contributed by atoms with E-state index in [9.17, 15) is 9.18 Å². The molecule has 0 radical (unpaired) electrons. The van der Waals surface area contributed by atoms with Crippen molar-refractivity contribution in [3.05, 3.63) is 65.0 Å². The molecule has 0 saturated carbocycles. The summed E-state index contributed by atoms with van der Waals surface area (Å²) < 4.78 is 18.1. The summed E-state index contributed by atoms with van der Waals surface area (Å²) in [7, 11) is 1.32. The maximum absolute atomic E-state index is 13.4. The number of methoxy groups -OCH3 is 1. The summed E-state index contributed by atoms with van der Waals surface area (Å²) in [5, 5.41) is 11.9. The third-order valence-electron chi connectivity index (χ3n) is 2.98. The van der Waals surface area contributed by atoms with E-state index >= 15 is 0 Å². The summed E-state index contributed by atoms with van der Waals surface area (Å²) in [6.07, 6.45) is 0. The molecule has 106 valence electrons. The maximum atomic E-state index is 13.4. The van der Waals surface area contributed by atoms with Crippen molar-refractivity contribution in [2.24, 2.45) is 0 Å². The molecule has 0 saturated heterocycles. The van der Waals surface area contributed by atoms with Crippen LogP contribution in [0.4, 0.5) is 10.1 Å². The van der Waals surface area contributed by atoms with E-state index in [0.717, 1.165) is 5.56 Å². The van der Waals surface area contributed by atoms with E-state index in [1.807, 2.05) is 6.07 Å². The number of nitrogens with one attached hydrogen (secondary N) is 1. The van der Waals surface area contributed by atoms with Gasteiger partial charge < -0.3 is 10.1 Å². The standard InChI is InChI=1S/C16H13FN2O2/c1-21-16(20)12-7-5-11(6-8-12)10-19-15-4-2-3-14(17)13(15)9-18/h2-8,19H,10H2,1H3. The molecule has 2 rings (SSSR count). The number of nitriles is 1. The van der Waals surface area contributed by atoms with E-state index in [1.165, 1.54) is 13.2 Å². The number of halogens is 1. The van der Waals surface area contributed by atoms with Gasteiger partial charge in [-0.2, -0.15) is 5.26 Å². The molecule has 0 amide bonds. The first-order chi connectivity index (χ1) is 10.2. The lowest BCUT2D eigenvalue weighted by Crippen LogP contribution is -2.04. The van der Waals surface area contributed by atoms with Crippen LogP contribution < -0.4 is 5.32 Å². The van der Waals surface area contributed by atoms with Crippen LogP contribution in [0.1, 0.15) is 21.5 Å². The van der Waals surface area contributed by atoms with Crippen LogP contribution in [0.3, 0.4) is 0 Å². The van der Waals surface area contributed by atoms with Crippen molar-refractivity contribution in [2.75, 3.05) is 12.4 Å². The monoisotopic (exact) mass is 284 g/mol. The number of nitrogens with zero attached hydrogens (tertiary/aromatic N) is 1. The third kappa shape index (κ3) is 3.37. The van der Waals surface area contributed by atoms with Gasteiger partial charge in [0, 0.05) is 6.54 Å². The van der Waals surface area contributed by atoms with Crippen molar-refractivity contribution < 1.29 is 13.9 Å². The summed E-state index contributed by atoms with van der Waals surface area (Å²) >= 11 is 0. The van der Waals surface area contributed by atoms with Crippen molar-refractivity contribution in [3.8, 4) is 6.07 Å². The van der Waals surface area contributed by atoms with Crippen LogP contribution in [0.25, 0.3) is 0 Å². The second-order valence-corrected chi connectivity index (χ2v) is 4.32. The fourth-order valence-corrected chi connectivity index (χ4v) is 1.86. The molecule has 0 heterocycles. The van der Waals surface area contributed by atoms with E-state index < -0.39 is 11.8 Å². The Balaban J connectivity index is 2.09. The Morgan fingerprint density at radius 2 is 2.00 bits per heavy atom. The molecule has 4 nitrogen and oxygen atoms in total. The lowest BCUT2D eigenvalue weighted by molar-refractivity contribution is 0.0600. The number of benzene rings is 2. The SMILES string of the molecule is COC(=O)c1ccc(CNc2cccc(F)c2C#N)cc1. The molecular formula is C16H13FN2O2. The van der Waals surface area contributed by atoms with Crippen LogP contribution in [0, 0.1) is 17.1 Å². The molecule has 2 aromatic carbocycles. The first-order valence-corrected chi connectivity index (χ1v) is 6.25. The van der Waals surface area contributed by atoms with Gasteiger partial charge in [-0.25, -0.2) is 9.18 Å². The summed E-state index contributed by atoms with van der Waals surface area (Å²) in [6.45, 7) is 0.416. The smallest absolute Gasteiger partial charge is 0.337 e. The van der Waals surface area contributed by atoms with Gasteiger partial charge in [-0.15, -0.1) is 0 Å². The summed E-state index contributed by atoms with van der Waals surface area (Å²) in [4.78, 5) is 11.3. The van der Waals surface area contributed by atoms with Crippen molar-refractivity contribution in [3.63, 3.8) is 0 Å². The highest BCUT2D eigenvalue weighted by atomic mass is 19.1. The quantitative estimate of drug-likeness (QED) is 0.876. The Morgan fingerprint density at radius 3 is 2.62 bits per heavy atom. The Morgan fingerprint density at radius 1 is 1.29 bits per heavy atom. The molecule has 1 N–H and O–H groups in total. The van der Waals surface area contributed by atoms with Gasteiger partial charge in [-0.3, -0.25) is 0 Å². The van der Waals surface area contributed by atoms with Gasteiger partial charge in [0.15, 0.2) is 0 Å². The van der Waals surface area contributed by atoms with Gasteiger partial charge in [0.05, 0.1) is 18.4 Å². The fourth-order valence-electron chi connectivity index (χ4n) is 1.86. The number of carbonyl (C=O) groups excluding carboxylic acids is 1. The van der Waals surface area contributed by atoms with Crippen molar-refractivity contribution in [1.29, 1.82) is 5.26 Å². The summed E-state index contributed by atoms with van der Waals surface area (Å²) in [6, 6.07) is 13.1. The van der Waals surface area contributed by atoms with Crippen molar-refractivity contribution in [1.82, 2.24) is 0 Å². The first kappa shape index (κ1) is 14.5. The molecule has 0 unspecified atom stereocenters. The molecule has 0 aliphatic rings.